The molecule has 1 heterocycles. The number of benzene rings is 1. The van der Waals surface area contributed by atoms with Crippen LogP contribution in [0.25, 0.3) is 10.2 Å². The highest BCUT2D eigenvalue weighted by Crippen LogP contribution is 2.48. The van der Waals surface area contributed by atoms with E-state index < -0.39 is 17.8 Å². The van der Waals surface area contributed by atoms with E-state index in [9.17, 15) is 14.7 Å². The summed E-state index contributed by atoms with van der Waals surface area (Å²) in [7, 11) is 0. The molecule has 1 amide bonds. The molecule has 0 unspecified atom stereocenters. The zero-order valence-electron chi connectivity index (χ0n) is 15.2. The van der Waals surface area contributed by atoms with Crippen molar-refractivity contribution in [1.82, 2.24) is 4.98 Å². The minimum Gasteiger partial charge on any atom is -0.481 e. The Morgan fingerprint density at radius 3 is 2.74 bits per heavy atom. The van der Waals surface area contributed by atoms with Crippen LogP contribution in [0.4, 0.5) is 5.69 Å². The highest BCUT2D eigenvalue weighted by Gasteiger charge is 2.51. The Balaban J connectivity index is 1.50. The maximum Gasteiger partial charge on any atom is 0.307 e. The number of carbonyl (C=O) groups is 2. The summed E-state index contributed by atoms with van der Waals surface area (Å²) < 4.78 is 2.06. The average molecular weight is 403 g/mol. The van der Waals surface area contributed by atoms with Crippen LogP contribution in [0.2, 0.25) is 0 Å². The van der Waals surface area contributed by atoms with Gasteiger partial charge in [0.25, 0.3) is 0 Å². The monoisotopic (exact) mass is 402 g/mol. The van der Waals surface area contributed by atoms with Crippen LogP contribution in [0.3, 0.4) is 0 Å². The molecule has 0 saturated heterocycles. The molecule has 1 saturated carbocycles. The van der Waals surface area contributed by atoms with Crippen molar-refractivity contribution in [1.29, 1.82) is 0 Å². The quantitative estimate of drug-likeness (QED) is 0.549. The SMILES string of the molecule is CC(C)CSc1nc2ccc(NC(=O)[C@@H]3[C@H](C(=O)O)[C@H]4C=C[C@H]3C4)cc2s1. The number of carboxylic acids is 1. The second-order valence-electron chi connectivity index (χ2n) is 7.69. The number of nitrogens with one attached hydrogen (secondary N) is 1. The smallest absolute Gasteiger partial charge is 0.307 e. The second-order valence-corrected chi connectivity index (χ2v) is 9.99. The van der Waals surface area contributed by atoms with E-state index >= 15 is 0 Å². The van der Waals surface area contributed by atoms with Crippen LogP contribution in [0.1, 0.15) is 20.3 Å². The van der Waals surface area contributed by atoms with Crippen molar-refractivity contribution in [3.8, 4) is 0 Å². The molecular formula is C20H22N2O3S2. The lowest BCUT2D eigenvalue weighted by Gasteiger charge is -2.23. The van der Waals surface area contributed by atoms with Gasteiger partial charge in [-0.3, -0.25) is 9.59 Å². The highest BCUT2D eigenvalue weighted by molar-refractivity contribution is 8.01. The largest absolute Gasteiger partial charge is 0.481 e. The van der Waals surface area contributed by atoms with E-state index in [2.05, 4.69) is 24.1 Å². The standard InChI is InChI=1S/C20H22N2O3S2/c1-10(2)9-26-20-22-14-6-5-13(8-15(14)27-20)21-18(23)16-11-3-4-12(7-11)17(16)19(24)25/h3-6,8,10-12,16-17H,7,9H2,1-2H3,(H,21,23)(H,24,25)/t11-,12-,16-,17+/m0/s1. The predicted octanol–water partition coefficient (Wildman–Crippen LogP) is 4.51. The number of allylic oxidation sites excluding steroid dienone is 2. The fourth-order valence-corrected chi connectivity index (χ4v) is 6.11. The minimum absolute atomic E-state index is 0.0206. The summed E-state index contributed by atoms with van der Waals surface area (Å²) >= 11 is 3.38. The number of nitrogens with zero attached hydrogens (tertiary/aromatic N) is 1. The van der Waals surface area contributed by atoms with Gasteiger partial charge in [-0.1, -0.05) is 37.8 Å². The van der Waals surface area contributed by atoms with Gasteiger partial charge in [-0.05, 0) is 42.4 Å². The van der Waals surface area contributed by atoms with E-state index in [1.807, 2.05) is 30.4 Å². The number of aliphatic carboxylic acids is 1. The Labute approximate surface area is 166 Å². The van der Waals surface area contributed by atoms with E-state index in [0.717, 1.165) is 26.7 Å². The van der Waals surface area contributed by atoms with Gasteiger partial charge in [0.05, 0.1) is 22.1 Å². The number of rotatable bonds is 6. The average Bonchev–Trinajstić information content (AvgIpc) is 3.32. The second kappa shape index (κ2) is 7.28. The van der Waals surface area contributed by atoms with Crippen LogP contribution in [0, 0.1) is 29.6 Å². The third-order valence-electron chi connectivity index (χ3n) is 5.22. The lowest BCUT2D eigenvalue weighted by atomic mass is 9.82. The van der Waals surface area contributed by atoms with Gasteiger partial charge >= 0.3 is 5.97 Å². The summed E-state index contributed by atoms with van der Waals surface area (Å²) in [6.45, 7) is 4.37. The Kier molecular flexibility index (Phi) is 4.99. The zero-order chi connectivity index (χ0) is 19.1. The third-order valence-corrected chi connectivity index (χ3v) is 7.81. The van der Waals surface area contributed by atoms with Crippen LogP contribution < -0.4 is 5.32 Å². The zero-order valence-corrected chi connectivity index (χ0v) is 16.8. The first-order valence-corrected chi connectivity index (χ1v) is 11.0. The summed E-state index contributed by atoms with van der Waals surface area (Å²) in [6.07, 6.45) is 4.71. The van der Waals surface area contributed by atoms with Crippen molar-refractivity contribution in [2.75, 3.05) is 11.1 Å². The number of carbonyl (C=O) groups excluding carboxylic acids is 1. The number of fused-ring (bicyclic) bond motifs is 3. The first-order valence-electron chi connectivity index (χ1n) is 9.17. The number of anilines is 1. The van der Waals surface area contributed by atoms with Gasteiger partial charge < -0.3 is 10.4 Å². The molecule has 4 atom stereocenters. The molecule has 2 bridgehead atoms. The van der Waals surface area contributed by atoms with E-state index in [4.69, 9.17) is 0 Å². The fourth-order valence-electron chi connectivity index (χ4n) is 4.02. The number of amides is 1. The van der Waals surface area contributed by atoms with Gasteiger partial charge in [-0.15, -0.1) is 11.3 Å². The van der Waals surface area contributed by atoms with Crippen molar-refractivity contribution in [2.45, 2.75) is 24.6 Å². The molecule has 0 aliphatic heterocycles. The van der Waals surface area contributed by atoms with Gasteiger partial charge in [0, 0.05) is 11.4 Å². The number of hydrogen-bond acceptors (Lipinski definition) is 5. The lowest BCUT2D eigenvalue weighted by Crippen LogP contribution is -2.36. The number of hydrogen-bond donors (Lipinski definition) is 2. The first kappa shape index (κ1) is 18.5. The van der Waals surface area contributed by atoms with Gasteiger partial charge in [-0.25, -0.2) is 4.98 Å². The number of thioether (sulfide) groups is 1. The first-order chi connectivity index (χ1) is 12.9. The maximum atomic E-state index is 12.8. The molecular weight excluding hydrogens is 380 g/mol. The van der Waals surface area contributed by atoms with E-state index in [-0.39, 0.29) is 17.7 Å². The normalized spacial score (nSPS) is 26.2. The molecule has 2 aromatic rings. The molecule has 27 heavy (non-hydrogen) atoms. The molecule has 2 aliphatic rings. The molecule has 0 radical (unpaired) electrons. The van der Waals surface area contributed by atoms with Crippen LogP contribution in [-0.4, -0.2) is 27.7 Å². The Morgan fingerprint density at radius 2 is 2.04 bits per heavy atom. The van der Waals surface area contributed by atoms with Crippen molar-refractivity contribution in [2.24, 2.45) is 29.6 Å². The molecule has 2 N–H and O–H groups in total. The molecule has 7 heteroatoms. The van der Waals surface area contributed by atoms with E-state index in [1.165, 1.54) is 0 Å². The van der Waals surface area contributed by atoms with Crippen molar-refractivity contribution >= 4 is 50.9 Å². The third kappa shape index (κ3) is 3.62. The molecule has 0 spiro atoms. The Hall–Kier alpha value is -1.86. The molecule has 2 aliphatic carbocycles. The summed E-state index contributed by atoms with van der Waals surface area (Å²) in [5, 5.41) is 12.5. The van der Waals surface area contributed by atoms with Crippen LogP contribution >= 0.6 is 23.1 Å². The summed E-state index contributed by atoms with van der Waals surface area (Å²) in [4.78, 5) is 29.1. The van der Waals surface area contributed by atoms with Crippen molar-refractivity contribution in [3.63, 3.8) is 0 Å². The molecule has 1 fully saturated rings. The molecule has 5 nitrogen and oxygen atoms in total. The topological polar surface area (TPSA) is 79.3 Å². The highest BCUT2D eigenvalue weighted by atomic mass is 32.2. The van der Waals surface area contributed by atoms with Gasteiger partial charge in [0.15, 0.2) is 4.34 Å². The van der Waals surface area contributed by atoms with Crippen LogP contribution in [0.5, 0.6) is 0 Å². The summed E-state index contributed by atoms with van der Waals surface area (Å²) in [6, 6.07) is 5.69. The minimum atomic E-state index is -0.878. The number of aromatic nitrogens is 1. The lowest BCUT2D eigenvalue weighted by molar-refractivity contribution is -0.146. The Bertz CT molecular complexity index is 921. The maximum absolute atomic E-state index is 12.8. The van der Waals surface area contributed by atoms with Gasteiger partial charge in [-0.2, -0.15) is 0 Å². The van der Waals surface area contributed by atoms with Crippen LogP contribution in [0.15, 0.2) is 34.7 Å². The van der Waals surface area contributed by atoms with E-state index in [1.54, 1.807) is 23.1 Å². The van der Waals surface area contributed by atoms with Crippen molar-refractivity contribution in [3.05, 3.63) is 30.4 Å². The fraction of sp³-hybridized carbons (Fsp3) is 0.450. The van der Waals surface area contributed by atoms with Gasteiger partial charge in [0.2, 0.25) is 5.91 Å². The number of carboxylic acid groups (broad SMARTS) is 1. The summed E-state index contributed by atoms with van der Waals surface area (Å²) in [5.41, 5.74) is 1.63. The molecule has 142 valence electrons. The van der Waals surface area contributed by atoms with Crippen LogP contribution in [-0.2, 0) is 9.59 Å². The van der Waals surface area contributed by atoms with Gasteiger partial charge in [0.1, 0.15) is 0 Å². The summed E-state index contributed by atoms with van der Waals surface area (Å²) in [5.74, 6) is -0.547. The molecule has 4 rings (SSSR count). The molecule has 1 aromatic heterocycles. The predicted molar refractivity (Wildman–Crippen MR) is 109 cm³/mol. The van der Waals surface area contributed by atoms with Crippen molar-refractivity contribution < 1.29 is 14.7 Å². The molecule has 1 aromatic carbocycles. The van der Waals surface area contributed by atoms with E-state index in [0.29, 0.717) is 11.6 Å². The number of thiazole rings is 1. The Morgan fingerprint density at radius 1 is 1.30 bits per heavy atom.